The number of hydrogen-bond acceptors (Lipinski definition) is 2. The third kappa shape index (κ3) is 3.44. The van der Waals surface area contributed by atoms with E-state index in [2.05, 4.69) is 24.1 Å². The van der Waals surface area contributed by atoms with Crippen molar-refractivity contribution in [3.05, 3.63) is 34.6 Å². The van der Waals surface area contributed by atoms with Gasteiger partial charge in [0.2, 0.25) is 0 Å². The van der Waals surface area contributed by atoms with Crippen LogP contribution in [0.5, 0.6) is 0 Å². The molecule has 18 heavy (non-hydrogen) atoms. The van der Waals surface area contributed by atoms with Crippen LogP contribution in [0.3, 0.4) is 0 Å². The normalized spacial score (nSPS) is 21.5. The van der Waals surface area contributed by atoms with E-state index < -0.39 is 0 Å². The predicted molar refractivity (Wildman–Crippen MR) is 73.3 cm³/mol. The van der Waals surface area contributed by atoms with E-state index in [0.29, 0.717) is 12.0 Å². The molecule has 1 unspecified atom stereocenters. The van der Waals surface area contributed by atoms with E-state index >= 15 is 0 Å². The average Bonchev–Trinajstić information content (AvgIpc) is 2.34. The topological polar surface area (TPSA) is 15.3 Å². The molecule has 1 atom stereocenters. The molecule has 1 aromatic rings. The van der Waals surface area contributed by atoms with E-state index in [9.17, 15) is 4.39 Å². The zero-order valence-corrected chi connectivity index (χ0v) is 11.7. The highest BCUT2D eigenvalue weighted by molar-refractivity contribution is 6.30. The first-order valence-electron chi connectivity index (χ1n) is 6.46. The molecule has 1 aliphatic rings. The lowest BCUT2D eigenvalue weighted by Crippen LogP contribution is -2.52. The van der Waals surface area contributed by atoms with Gasteiger partial charge in [-0.2, -0.15) is 0 Å². The van der Waals surface area contributed by atoms with Gasteiger partial charge in [0.25, 0.3) is 0 Å². The summed E-state index contributed by atoms with van der Waals surface area (Å²) < 4.78 is 13.1. The van der Waals surface area contributed by atoms with Crippen molar-refractivity contribution in [2.24, 2.45) is 5.92 Å². The Bertz CT molecular complexity index is 409. The summed E-state index contributed by atoms with van der Waals surface area (Å²) in [6.07, 6.45) is 0. The van der Waals surface area contributed by atoms with Crippen LogP contribution in [0.25, 0.3) is 0 Å². The molecular formula is C14H20ClFN2. The van der Waals surface area contributed by atoms with Gasteiger partial charge in [-0.3, -0.25) is 4.90 Å². The van der Waals surface area contributed by atoms with Crippen LogP contribution in [-0.2, 0) is 6.54 Å². The minimum atomic E-state index is -0.346. The molecule has 1 heterocycles. The molecule has 0 saturated carbocycles. The van der Waals surface area contributed by atoms with E-state index in [1.165, 1.54) is 6.07 Å². The highest BCUT2D eigenvalue weighted by Crippen LogP contribution is 2.18. The molecule has 100 valence electrons. The molecule has 1 N–H and O–H groups in total. The molecule has 1 aliphatic heterocycles. The second-order valence-corrected chi connectivity index (χ2v) is 5.70. The summed E-state index contributed by atoms with van der Waals surface area (Å²) in [7, 11) is 0. The van der Waals surface area contributed by atoms with E-state index in [0.717, 1.165) is 31.7 Å². The fraction of sp³-hybridized carbons (Fsp3) is 0.571. The third-order valence-corrected chi connectivity index (χ3v) is 3.77. The summed E-state index contributed by atoms with van der Waals surface area (Å²) in [5.41, 5.74) is 1.07. The van der Waals surface area contributed by atoms with Gasteiger partial charge in [-0.1, -0.05) is 31.5 Å². The summed E-state index contributed by atoms with van der Waals surface area (Å²) >= 11 is 5.80. The number of hydrogen-bond donors (Lipinski definition) is 1. The van der Waals surface area contributed by atoms with Crippen LogP contribution < -0.4 is 5.32 Å². The molecule has 0 aliphatic carbocycles. The maximum absolute atomic E-state index is 13.1. The van der Waals surface area contributed by atoms with Crippen LogP contribution in [0.1, 0.15) is 19.4 Å². The van der Waals surface area contributed by atoms with Crippen LogP contribution in [0.2, 0.25) is 5.02 Å². The minimum absolute atomic E-state index is 0.211. The minimum Gasteiger partial charge on any atom is -0.311 e. The Morgan fingerprint density at radius 1 is 1.50 bits per heavy atom. The summed E-state index contributed by atoms with van der Waals surface area (Å²) in [5.74, 6) is 0.283. The molecule has 2 rings (SSSR count). The molecular weight excluding hydrogens is 251 g/mol. The van der Waals surface area contributed by atoms with Gasteiger partial charge in [0.15, 0.2) is 0 Å². The van der Waals surface area contributed by atoms with Gasteiger partial charge < -0.3 is 5.32 Å². The molecule has 0 spiro atoms. The van der Waals surface area contributed by atoms with E-state index in [-0.39, 0.29) is 10.8 Å². The zero-order chi connectivity index (χ0) is 13.1. The number of nitrogens with zero attached hydrogens (tertiary/aromatic N) is 1. The molecule has 1 aromatic carbocycles. The Labute approximate surface area is 113 Å². The van der Waals surface area contributed by atoms with Crippen molar-refractivity contribution in [2.75, 3.05) is 19.6 Å². The highest BCUT2D eigenvalue weighted by Gasteiger charge is 2.21. The van der Waals surface area contributed by atoms with Gasteiger partial charge in [-0.25, -0.2) is 4.39 Å². The molecule has 0 radical (unpaired) electrons. The lowest BCUT2D eigenvalue weighted by atomic mass is 10.0. The quantitative estimate of drug-likeness (QED) is 0.909. The van der Waals surface area contributed by atoms with Crippen molar-refractivity contribution in [1.29, 1.82) is 0 Å². The van der Waals surface area contributed by atoms with Crippen LogP contribution in [-0.4, -0.2) is 30.6 Å². The first-order valence-corrected chi connectivity index (χ1v) is 6.83. The van der Waals surface area contributed by atoms with Crippen molar-refractivity contribution in [3.63, 3.8) is 0 Å². The second-order valence-electron chi connectivity index (χ2n) is 5.29. The van der Waals surface area contributed by atoms with Gasteiger partial charge in [-0.15, -0.1) is 0 Å². The van der Waals surface area contributed by atoms with Crippen molar-refractivity contribution in [1.82, 2.24) is 10.2 Å². The fourth-order valence-corrected chi connectivity index (χ4v) is 2.53. The molecule has 1 fully saturated rings. The largest absolute Gasteiger partial charge is 0.311 e. The lowest BCUT2D eigenvalue weighted by molar-refractivity contribution is 0.168. The van der Waals surface area contributed by atoms with Crippen molar-refractivity contribution < 1.29 is 4.39 Å². The monoisotopic (exact) mass is 270 g/mol. The molecule has 0 amide bonds. The van der Waals surface area contributed by atoms with Crippen LogP contribution in [0.4, 0.5) is 4.39 Å². The second kappa shape index (κ2) is 6.00. The average molecular weight is 271 g/mol. The number of benzene rings is 1. The van der Waals surface area contributed by atoms with Crippen LogP contribution in [0.15, 0.2) is 18.2 Å². The Morgan fingerprint density at radius 3 is 2.94 bits per heavy atom. The summed E-state index contributed by atoms with van der Waals surface area (Å²) in [6, 6.07) is 5.52. The Hall–Kier alpha value is -0.640. The van der Waals surface area contributed by atoms with Gasteiger partial charge in [0.1, 0.15) is 5.82 Å². The maximum Gasteiger partial charge on any atom is 0.141 e. The highest BCUT2D eigenvalue weighted by atomic mass is 35.5. The molecule has 2 nitrogen and oxygen atoms in total. The first-order chi connectivity index (χ1) is 8.56. The van der Waals surface area contributed by atoms with Crippen molar-refractivity contribution in [2.45, 2.75) is 26.4 Å². The molecule has 4 heteroatoms. The maximum atomic E-state index is 13.1. The lowest BCUT2D eigenvalue weighted by Gasteiger charge is -2.35. The predicted octanol–water partition coefficient (Wildman–Crippen LogP) is 2.91. The number of nitrogens with one attached hydrogen (secondary N) is 1. The Kier molecular flexibility index (Phi) is 4.60. The van der Waals surface area contributed by atoms with Crippen LogP contribution >= 0.6 is 11.6 Å². The summed E-state index contributed by atoms with van der Waals surface area (Å²) in [4.78, 5) is 2.39. The first kappa shape index (κ1) is 13.8. The number of halogens is 2. The summed E-state index contributed by atoms with van der Waals surface area (Å²) in [6.45, 7) is 8.37. The molecule has 0 bridgehead atoms. The Morgan fingerprint density at radius 2 is 2.28 bits per heavy atom. The van der Waals surface area contributed by atoms with E-state index in [1.54, 1.807) is 6.07 Å². The number of rotatable bonds is 3. The van der Waals surface area contributed by atoms with Gasteiger partial charge in [0, 0.05) is 32.2 Å². The fourth-order valence-electron chi connectivity index (χ4n) is 2.33. The van der Waals surface area contributed by atoms with Gasteiger partial charge >= 0.3 is 0 Å². The van der Waals surface area contributed by atoms with E-state index in [4.69, 9.17) is 11.6 Å². The zero-order valence-electron chi connectivity index (χ0n) is 10.9. The van der Waals surface area contributed by atoms with Gasteiger partial charge in [0.05, 0.1) is 5.02 Å². The summed E-state index contributed by atoms with van der Waals surface area (Å²) in [5, 5.41) is 3.74. The smallest absolute Gasteiger partial charge is 0.141 e. The van der Waals surface area contributed by atoms with Crippen LogP contribution in [0, 0.1) is 11.7 Å². The van der Waals surface area contributed by atoms with Crippen molar-refractivity contribution >= 4 is 11.6 Å². The molecule has 0 aromatic heterocycles. The molecule has 1 saturated heterocycles. The SMILES string of the molecule is CC(C)C1CN(Cc2ccc(F)c(Cl)c2)CCN1. The van der Waals surface area contributed by atoms with Gasteiger partial charge in [-0.05, 0) is 23.6 Å². The van der Waals surface area contributed by atoms with E-state index in [1.807, 2.05) is 6.07 Å². The third-order valence-electron chi connectivity index (χ3n) is 3.48. The van der Waals surface area contributed by atoms with Crippen molar-refractivity contribution in [3.8, 4) is 0 Å². The Balaban J connectivity index is 1.98. The standard InChI is InChI=1S/C14H20ClFN2/c1-10(2)14-9-18(6-5-17-14)8-11-3-4-13(16)12(15)7-11/h3-4,7,10,14,17H,5-6,8-9H2,1-2H3. The number of piperazine rings is 1.